The molecule has 0 saturated carbocycles. The van der Waals surface area contributed by atoms with Gasteiger partial charge in [-0.25, -0.2) is 0 Å². The number of benzene rings is 1. The molecule has 0 fully saturated rings. The smallest absolute Gasteiger partial charge is 0.316 e. The highest BCUT2D eigenvalue weighted by atomic mass is 32.1. The minimum absolute atomic E-state index is 0.0470. The zero-order valence-corrected chi connectivity index (χ0v) is 14.2. The molecule has 0 radical (unpaired) electrons. The second kappa shape index (κ2) is 5.80. The first kappa shape index (κ1) is 17.1. The van der Waals surface area contributed by atoms with E-state index in [1.165, 1.54) is 11.1 Å². The maximum atomic E-state index is 11.0. The van der Waals surface area contributed by atoms with Crippen LogP contribution in [0.2, 0.25) is 0 Å². The average Bonchev–Trinajstić information content (AvgIpc) is 2.26. The van der Waals surface area contributed by atoms with Gasteiger partial charge in [0.1, 0.15) is 5.25 Å². The molecule has 0 saturated heterocycles. The van der Waals surface area contributed by atoms with Crippen LogP contribution in [0.1, 0.15) is 58.2 Å². The molecule has 1 aromatic carbocycles. The van der Waals surface area contributed by atoms with Crippen molar-refractivity contribution in [2.75, 3.05) is 0 Å². The van der Waals surface area contributed by atoms with E-state index < -0.39 is 11.2 Å². The van der Waals surface area contributed by atoms with Crippen molar-refractivity contribution in [2.24, 2.45) is 0 Å². The van der Waals surface area contributed by atoms with E-state index in [1.54, 1.807) is 0 Å². The van der Waals surface area contributed by atoms with Gasteiger partial charge in [0.2, 0.25) is 0 Å². The molecule has 1 N–H and O–H groups in total. The molecule has 1 rings (SSSR count). The van der Waals surface area contributed by atoms with Gasteiger partial charge in [0.25, 0.3) is 0 Å². The zero-order chi connectivity index (χ0) is 15.7. The van der Waals surface area contributed by atoms with Crippen molar-refractivity contribution in [2.45, 2.75) is 64.0 Å². The Morgan fingerprint density at radius 1 is 1.05 bits per heavy atom. The van der Waals surface area contributed by atoms with Crippen molar-refractivity contribution < 1.29 is 9.90 Å². The molecule has 1 aromatic rings. The molecule has 0 aliphatic heterocycles. The number of carboxylic acids is 1. The summed E-state index contributed by atoms with van der Waals surface area (Å²) in [6.07, 6.45) is 0.450. The van der Waals surface area contributed by atoms with Gasteiger partial charge in [0.05, 0.1) is 0 Å². The Hall–Kier alpha value is -0.960. The van der Waals surface area contributed by atoms with Gasteiger partial charge in [-0.1, -0.05) is 59.7 Å². The van der Waals surface area contributed by atoms with E-state index >= 15 is 0 Å². The third-order valence-corrected chi connectivity index (χ3v) is 3.84. The molecule has 0 amide bonds. The van der Waals surface area contributed by atoms with Gasteiger partial charge < -0.3 is 5.11 Å². The molecule has 20 heavy (non-hydrogen) atoms. The van der Waals surface area contributed by atoms with Crippen LogP contribution in [0, 0.1) is 0 Å². The Balaban J connectivity index is 3.28. The summed E-state index contributed by atoms with van der Waals surface area (Å²) in [7, 11) is 0. The van der Waals surface area contributed by atoms with Crippen LogP contribution in [0.15, 0.2) is 18.2 Å². The van der Waals surface area contributed by atoms with Gasteiger partial charge >= 0.3 is 5.97 Å². The molecular weight excluding hydrogens is 268 g/mol. The van der Waals surface area contributed by atoms with Crippen molar-refractivity contribution in [1.82, 2.24) is 0 Å². The predicted molar refractivity (Wildman–Crippen MR) is 88.0 cm³/mol. The molecule has 0 heterocycles. The van der Waals surface area contributed by atoms with Gasteiger partial charge in [0, 0.05) is 0 Å². The van der Waals surface area contributed by atoms with Crippen molar-refractivity contribution in [3.63, 3.8) is 0 Å². The van der Waals surface area contributed by atoms with Gasteiger partial charge in [-0.2, -0.15) is 12.6 Å². The maximum Gasteiger partial charge on any atom is 0.316 e. The molecule has 1 atom stereocenters. The summed E-state index contributed by atoms with van der Waals surface area (Å²) in [4.78, 5) is 11.0. The summed E-state index contributed by atoms with van der Waals surface area (Å²) < 4.78 is 0. The number of hydrogen-bond donors (Lipinski definition) is 2. The molecule has 2 nitrogen and oxygen atoms in total. The van der Waals surface area contributed by atoms with Crippen LogP contribution in [0.4, 0.5) is 0 Å². The largest absolute Gasteiger partial charge is 0.480 e. The van der Waals surface area contributed by atoms with E-state index in [2.05, 4.69) is 72.4 Å². The van der Waals surface area contributed by atoms with Crippen LogP contribution in [0.5, 0.6) is 0 Å². The predicted octanol–water partition coefficient (Wildman–Crippen LogP) is 4.21. The lowest BCUT2D eigenvalue weighted by Gasteiger charge is -2.26. The number of thiol groups is 1. The molecule has 0 aliphatic rings. The van der Waals surface area contributed by atoms with Crippen molar-refractivity contribution in [3.05, 3.63) is 34.9 Å². The fourth-order valence-corrected chi connectivity index (χ4v) is 2.20. The Morgan fingerprint density at radius 2 is 1.45 bits per heavy atom. The highest BCUT2D eigenvalue weighted by Crippen LogP contribution is 2.30. The van der Waals surface area contributed by atoms with Gasteiger partial charge in [-0.3, -0.25) is 4.79 Å². The quantitative estimate of drug-likeness (QED) is 0.820. The standard InChI is InChI=1S/C17H26O2S/c1-16(2,3)12-7-11(9-14(20)15(18)19)8-13(10-12)17(4,5)6/h7-8,10,14,20H,9H2,1-6H3,(H,18,19). The second-order valence-electron chi connectivity index (χ2n) is 7.48. The van der Waals surface area contributed by atoms with Crippen molar-refractivity contribution >= 4 is 18.6 Å². The van der Waals surface area contributed by atoms with Crippen LogP contribution in [0.3, 0.4) is 0 Å². The average molecular weight is 294 g/mol. The Labute approximate surface area is 128 Å². The zero-order valence-electron chi connectivity index (χ0n) is 13.3. The molecular formula is C17H26O2S. The Kier molecular flexibility index (Phi) is 4.96. The minimum atomic E-state index is -0.869. The highest BCUT2D eigenvalue weighted by Gasteiger charge is 2.22. The first-order valence-electron chi connectivity index (χ1n) is 6.97. The highest BCUT2D eigenvalue weighted by molar-refractivity contribution is 7.81. The van der Waals surface area contributed by atoms with Gasteiger partial charge in [-0.05, 0) is 33.9 Å². The first-order valence-corrected chi connectivity index (χ1v) is 7.48. The third kappa shape index (κ3) is 4.55. The van der Waals surface area contributed by atoms with E-state index in [-0.39, 0.29) is 10.8 Å². The summed E-state index contributed by atoms with van der Waals surface area (Å²) in [6.45, 7) is 13.0. The summed E-state index contributed by atoms with van der Waals surface area (Å²) >= 11 is 4.15. The summed E-state index contributed by atoms with van der Waals surface area (Å²) in [5.41, 5.74) is 3.62. The lowest BCUT2D eigenvalue weighted by Crippen LogP contribution is -2.20. The summed E-state index contributed by atoms with van der Waals surface area (Å²) in [6, 6.07) is 6.46. The van der Waals surface area contributed by atoms with Crippen LogP contribution in [-0.4, -0.2) is 16.3 Å². The maximum absolute atomic E-state index is 11.0. The van der Waals surface area contributed by atoms with E-state index in [1.807, 2.05) is 0 Å². The van der Waals surface area contributed by atoms with Gasteiger partial charge in [0.15, 0.2) is 0 Å². The minimum Gasteiger partial charge on any atom is -0.480 e. The van der Waals surface area contributed by atoms with Crippen molar-refractivity contribution in [3.8, 4) is 0 Å². The van der Waals surface area contributed by atoms with Crippen LogP contribution in [-0.2, 0) is 22.0 Å². The molecule has 1 unspecified atom stereocenters. The lowest BCUT2D eigenvalue weighted by molar-refractivity contribution is -0.136. The molecule has 112 valence electrons. The number of rotatable bonds is 3. The van der Waals surface area contributed by atoms with Crippen LogP contribution in [0.25, 0.3) is 0 Å². The number of aliphatic carboxylic acids is 1. The van der Waals surface area contributed by atoms with E-state index in [0.29, 0.717) is 6.42 Å². The molecule has 0 aromatic heterocycles. The number of hydrogen-bond acceptors (Lipinski definition) is 2. The van der Waals surface area contributed by atoms with E-state index in [0.717, 1.165) is 5.56 Å². The van der Waals surface area contributed by atoms with Gasteiger partial charge in [-0.15, -0.1) is 0 Å². The monoisotopic (exact) mass is 294 g/mol. The molecule has 0 aliphatic carbocycles. The summed E-state index contributed by atoms with van der Waals surface area (Å²) in [5.74, 6) is -0.869. The lowest BCUT2D eigenvalue weighted by atomic mass is 9.79. The third-order valence-electron chi connectivity index (χ3n) is 3.44. The first-order chi connectivity index (χ1) is 8.91. The summed E-state index contributed by atoms with van der Waals surface area (Å²) in [5, 5.41) is 8.37. The van der Waals surface area contributed by atoms with Crippen LogP contribution < -0.4 is 0 Å². The van der Waals surface area contributed by atoms with Crippen LogP contribution >= 0.6 is 12.6 Å². The SMILES string of the molecule is CC(C)(C)c1cc(CC(S)C(=O)O)cc(C(C)(C)C)c1. The topological polar surface area (TPSA) is 37.3 Å². The molecule has 0 spiro atoms. The number of carbonyl (C=O) groups is 1. The fourth-order valence-electron chi connectivity index (χ4n) is 1.99. The normalized spacial score (nSPS) is 14.2. The molecule has 3 heteroatoms. The van der Waals surface area contributed by atoms with E-state index in [9.17, 15) is 4.79 Å². The number of carboxylic acid groups (broad SMARTS) is 1. The fraction of sp³-hybridized carbons (Fsp3) is 0.588. The van der Waals surface area contributed by atoms with E-state index in [4.69, 9.17) is 5.11 Å². The Bertz CT molecular complexity index is 460. The second-order valence-corrected chi connectivity index (χ2v) is 8.10. The molecule has 0 bridgehead atoms. The van der Waals surface area contributed by atoms with Crippen molar-refractivity contribution in [1.29, 1.82) is 0 Å². The Morgan fingerprint density at radius 3 is 1.75 bits per heavy atom.